The van der Waals surface area contributed by atoms with Crippen LogP contribution in [0.4, 0.5) is 0 Å². The number of rotatable bonds is 11. The van der Waals surface area contributed by atoms with E-state index in [0.717, 1.165) is 22.6 Å². The van der Waals surface area contributed by atoms with Crippen LogP contribution in [0.15, 0.2) is 103 Å². The number of hydrazone groups is 1. The van der Waals surface area contributed by atoms with Crippen molar-refractivity contribution in [2.24, 2.45) is 5.10 Å². The summed E-state index contributed by atoms with van der Waals surface area (Å²) in [7, 11) is 0. The normalized spacial score (nSPS) is 11.1. The number of nitrogens with zero attached hydrogens (tertiary/aromatic N) is 2. The van der Waals surface area contributed by atoms with Crippen molar-refractivity contribution in [2.75, 3.05) is 0 Å². The molecule has 2 heterocycles. The summed E-state index contributed by atoms with van der Waals surface area (Å²) in [6.45, 7) is 4.47. The molecule has 224 valence electrons. The molecule has 0 saturated heterocycles. The summed E-state index contributed by atoms with van der Waals surface area (Å²) in [5.74, 6) is 0.327. The number of aromatic carboxylic acids is 1. The molecule has 2 N–H and O–H groups in total. The third kappa shape index (κ3) is 7.47. The molecule has 0 spiro atoms. The van der Waals surface area contributed by atoms with Gasteiger partial charge < -0.3 is 23.6 Å². The highest BCUT2D eigenvalue weighted by molar-refractivity contribution is 9.11. The maximum absolute atomic E-state index is 12.6. The van der Waals surface area contributed by atoms with Crippen LogP contribution >= 0.6 is 31.9 Å². The summed E-state index contributed by atoms with van der Waals surface area (Å²) < 4.78 is 20.8. The van der Waals surface area contributed by atoms with Crippen molar-refractivity contribution in [3.8, 4) is 17.2 Å². The minimum absolute atomic E-state index is 0.104. The molecule has 0 radical (unpaired) electrons. The van der Waals surface area contributed by atoms with E-state index in [1.54, 1.807) is 42.5 Å². The highest BCUT2D eigenvalue weighted by atomic mass is 79.9. The van der Waals surface area contributed by atoms with E-state index in [4.69, 9.17) is 13.9 Å². The fourth-order valence-electron chi connectivity index (χ4n) is 4.46. The van der Waals surface area contributed by atoms with Crippen LogP contribution < -0.4 is 14.9 Å². The lowest BCUT2D eigenvalue weighted by Crippen LogP contribution is -2.16. The second-order valence-corrected chi connectivity index (χ2v) is 11.5. The number of hydrogen-bond acceptors (Lipinski definition) is 6. The smallest absolute Gasteiger partial charge is 0.335 e. The molecule has 11 heteroatoms. The monoisotopic (exact) mass is 719 g/mol. The van der Waals surface area contributed by atoms with Gasteiger partial charge in [-0.25, -0.2) is 10.2 Å². The number of aryl methyl sites for hydroxylation is 2. The molecule has 0 bridgehead atoms. The predicted octanol–water partition coefficient (Wildman–Crippen LogP) is 7.83. The lowest BCUT2D eigenvalue weighted by Gasteiger charge is -2.11. The van der Waals surface area contributed by atoms with Gasteiger partial charge in [0.15, 0.2) is 5.76 Å². The van der Waals surface area contributed by atoms with Crippen molar-refractivity contribution >= 4 is 50.0 Å². The molecule has 1 amide bonds. The van der Waals surface area contributed by atoms with Crippen LogP contribution in [0.3, 0.4) is 0 Å². The lowest BCUT2D eigenvalue weighted by molar-refractivity contribution is 0.0696. The maximum Gasteiger partial charge on any atom is 0.335 e. The van der Waals surface area contributed by atoms with Crippen LogP contribution in [0.1, 0.15) is 49.2 Å². The van der Waals surface area contributed by atoms with E-state index in [0.29, 0.717) is 31.8 Å². The van der Waals surface area contributed by atoms with Gasteiger partial charge in [-0.3, -0.25) is 4.79 Å². The highest BCUT2D eigenvalue weighted by Gasteiger charge is 2.13. The van der Waals surface area contributed by atoms with Crippen LogP contribution in [0.2, 0.25) is 0 Å². The van der Waals surface area contributed by atoms with Crippen LogP contribution in [0.5, 0.6) is 11.5 Å². The zero-order valence-electron chi connectivity index (χ0n) is 23.7. The predicted molar refractivity (Wildman–Crippen MR) is 173 cm³/mol. The van der Waals surface area contributed by atoms with Crippen LogP contribution in [-0.4, -0.2) is 27.8 Å². The Morgan fingerprint density at radius 3 is 2.30 bits per heavy atom. The van der Waals surface area contributed by atoms with Gasteiger partial charge in [-0.05, 0) is 130 Å². The summed E-state index contributed by atoms with van der Waals surface area (Å²) in [6, 6.07) is 25.3. The first kappa shape index (κ1) is 30.8. The number of amides is 1. The van der Waals surface area contributed by atoms with Gasteiger partial charge in [0.25, 0.3) is 0 Å². The summed E-state index contributed by atoms with van der Waals surface area (Å²) >= 11 is 6.99. The quantitative estimate of drug-likeness (QED) is 0.106. The van der Waals surface area contributed by atoms with E-state index in [1.165, 1.54) is 12.3 Å². The summed E-state index contributed by atoms with van der Waals surface area (Å²) in [5, 5.41) is 13.2. The standard InChI is InChI=1S/C33H27Br2N3O6/c1-20-6-7-21(2)38(20)25-8-10-26(11-9-25)42-19-27-12-13-30(44-27)32(39)37-36-17-23-15-28(34)31(29(35)16-23)43-18-22-4-3-5-24(14-22)33(40)41/h3-17H,18-19H2,1-2H3,(H,37,39)(H,40,41)/b36-17+. The molecule has 0 aliphatic heterocycles. The third-order valence-electron chi connectivity index (χ3n) is 6.59. The zero-order valence-corrected chi connectivity index (χ0v) is 26.9. The molecule has 9 nitrogen and oxygen atoms in total. The number of benzene rings is 3. The van der Waals surface area contributed by atoms with Gasteiger partial charge >= 0.3 is 11.9 Å². The first-order chi connectivity index (χ1) is 21.2. The van der Waals surface area contributed by atoms with Gasteiger partial charge in [0.05, 0.1) is 20.7 Å². The third-order valence-corrected chi connectivity index (χ3v) is 7.77. The molecule has 0 fully saturated rings. The molecular weight excluding hydrogens is 694 g/mol. The SMILES string of the molecule is Cc1ccc(C)n1-c1ccc(OCc2ccc(C(=O)N/N=C/c3cc(Br)c(OCc4cccc(C(=O)O)c4)c(Br)c3)o2)cc1. The van der Waals surface area contributed by atoms with Crippen molar-refractivity contribution < 1.29 is 28.6 Å². The molecule has 0 aliphatic carbocycles. The number of carbonyl (C=O) groups is 2. The van der Waals surface area contributed by atoms with E-state index in [-0.39, 0.29) is 24.5 Å². The number of nitrogens with one attached hydrogen (secondary N) is 1. The van der Waals surface area contributed by atoms with Crippen molar-refractivity contribution in [1.29, 1.82) is 0 Å². The van der Waals surface area contributed by atoms with Gasteiger partial charge in [0, 0.05) is 17.1 Å². The van der Waals surface area contributed by atoms with Crippen LogP contribution in [-0.2, 0) is 13.2 Å². The number of halogens is 2. The van der Waals surface area contributed by atoms with Crippen molar-refractivity contribution in [1.82, 2.24) is 9.99 Å². The Kier molecular flexibility index (Phi) is 9.66. The Hall–Kier alpha value is -4.61. The first-order valence-electron chi connectivity index (χ1n) is 13.4. The van der Waals surface area contributed by atoms with Gasteiger partial charge in [0.2, 0.25) is 0 Å². The van der Waals surface area contributed by atoms with E-state index in [9.17, 15) is 14.7 Å². The van der Waals surface area contributed by atoms with Crippen molar-refractivity contribution in [3.05, 3.63) is 133 Å². The van der Waals surface area contributed by atoms with Gasteiger partial charge in [0.1, 0.15) is 30.5 Å². The van der Waals surface area contributed by atoms with E-state index in [2.05, 4.69) is 72.9 Å². The Morgan fingerprint density at radius 2 is 1.61 bits per heavy atom. The molecule has 3 aromatic carbocycles. The van der Waals surface area contributed by atoms with Gasteiger partial charge in [-0.15, -0.1) is 0 Å². The van der Waals surface area contributed by atoms with Crippen molar-refractivity contribution in [2.45, 2.75) is 27.1 Å². The number of ether oxygens (including phenoxy) is 2. The van der Waals surface area contributed by atoms with E-state index < -0.39 is 11.9 Å². The second-order valence-electron chi connectivity index (χ2n) is 9.81. The van der Waals surface area contributed by atoms with Gasteiger partial charge in [-0.2, -0.15) is 5.10 Å². The molecule has 5 rings (SSSR count). The molecule has 0 aliphatic rings. The lowest BCUT2D eigenvalue weighted by atomic mass is 10.1. The average Bonchev–Trinajstić information content (AvgIpc) is 3.62. The second kappa shape index (κ2) is 13.8. The van der Waals surface area contributed by atoms with Crippen LogP contribution in [0, 0.1) is 13.8 Å². The fourth-order valence-corrected chi connectivity index (χ4v) is 5.91. The minimum Gasteiger partial charge on any atom is -0.487 e. The number of aromatic nitrogens is 1. The van der Waals surface area contributed by atoms with E-state index >= 15 is 0 Å². The Bertz CT molecular complexity index is 1800. The summed E-state index contributed by atoms with van der Waals surface area (Å²) in [4.78, 5) is 23.8. The largest absolute Gasteiger partial charge is 0.487 e. The number of furan rings is 1. The Labute approximate surface area is 270 Å². The molecule has 0 unspecified atom stereocenters. The molecule has 0 atom stereocenters. The molecular formula is C33H27Br2N3O6. The highest BCUT2D eigenvalue weighted by Crippen LogP contribution is 2.35. The number of carboxylic acid groups (broad SMARTS) is 1. The number of hydrogen-bond donors (Lipinski definition) is 2. The fraction of sp³-hybridized carbons (Fsp3) is 0.121. The Balaban J connectivity index is 1.13. The summed E-state index contributed by atoms with van der Waals surface area (Å²) in [5.41, 5.74) is 7.43. The first-order valence-corrected chi connectivity index (χ1v) is 15.0. The topological polar surface area (TPSA) is 115 Å². The average molecular weight is 721 g/mol. The Morgan fingerprint density at radius 1 is 0.909 bits per heavy atom. The maximum atomic E-state index is 12.6. The minimum atomic E-state index is -0.998. The molecule has 44 heavy (non-hydrogen) atoms. The number of carboxylic acids is 1. The molecule has 0 saturated carbocycles. The van der Waals surface area contributed by atoms with Gasteiger partial charge in [-0.1, -0.05) is 12.1 Å². The van der Waals surface area contributed by atoms with Crippen LogP contribution in [0.25, 0.3) is 5.69 Å². The number of carbonyl (C=O) groups excluding carboxylic acids is 1. The van der Waals surface area contributed by atoms with E-state index in [1.807, 2.05) is 24.3 Å². The summed E-state index contributed by atoms with van der Waals surface area (Å²) in [6.07, 6.45) is 1.49. The molecule has 5 aromatic rings. The van der Waals surface area contributed by atoms with Crippen molar-refractivity contribution in [3.63, 3.8) is 0 Å². The molecule has 2 aromatic heterocycles. The zero-order chi connectivity index (χ0) is 31.2.